The fourth-order valence-electron chi connectivity index (χ4n) is 4.50. The molecule has 0 saturated carbocycles. The fraction of sp³-hybridized carbons (Fsp3) is 0.385. The van der Waals surface area contributed by atoms with Crippen molar-refractivity contribution in [2.75, 3.05) is 19.6 Å². The summed E-state index contributed by atoms with van der Waals surface area (Å²) in [5, 5.41) is 23.4. The third-order valence-corrected chi connectivity index (χ3v) is 6.39. The highest BCUT2D eigenvalue weighted by Gasteiger charge is 2.38. The van der Waals surface area contributed by atoms with Gasteiger partial charge < -0.3 is 25.0 Å². The Bertz CT molecular complexity index is 1210. The van der Waals surface area contributed by atoms with Crippen molar-refractivity contribution in [3.8, 4) is 11.3 Å². The Balaban J connectivity index is 1.69. The smallest absolute Gasteiger partial charge is 0.407 e. The Hall–Kier alpha value is -3.37. The van der Waals surface area contributed by atoms with E-state index in [2.05, 4.69) is 10.3 Å². The highest BCUT2D eigenvalue weighted by molar-refractivity contribution is 5.65. The number of alkyl halides is 1. The van der Waals surface area contributed by atoms with Crippen LogP contribution < -0.4 is 5.32 Å². The van der Waals surface area contributed by atoms with Crippen LogP contribution in [-0.4, -0.2) is 62.2 Å². The topological polar surface area (TPSA) is 90.6 Å². The second-order valence-corrected chi connectivity index (χ2v) is 9.68. The largest absolute Gasteiger partial charge is 0.465 e. The number of benzene rings is 2. The van der Waals surface area contributed by atoms with E-state index in [4.69, 9.17) is 0 Å². The monoisotopic (exact) mass is 502 g/mol. The SMILES string of the molecule is CC(C)(O)[C@@H](NCC1CN(C(=O)O)CC1F)c1nc(-c2cc(F)ccc2F)cn1Cc1ccccc1. The van der Waals surface area contributed by atoms with Gasteiger partial charge in [0.05, 0.1) is 23.9 Å². The molecule has 2 unspecified atom stereocenters. The number of hydrogen-bond donors (Lipinski definition) is 3. The average molecular weight is 503 g/mol. The molecular weight excluding hydrogens is 473 g/mol. The van der Waals surface area contributed by atoms with Crippen LogP contribution in [0.2, 0.25) is 0 Å². The number of halogens is 3. The van der Waals surface area contributed by atoms with Gasteiger partial charge in [0.15, 0.2) is 0 Å². The zero-order chi connectivity index (χ0) is 26.0. The van der Waals surface area contributed by atoms with E-state index in [-0.39, 0.29) is 30.9 Å². The summed E-state index contributed by atoms with van der Waals surface area (Å²) in [6.07, 6.45) is -0.934. The number of likely N-dealkylation sites (tertiary alicyclic amines) is 1. The van der Waals surface area contributed by atoms with E-state index in [0.717, 1.165) is 28.7 Å². The average Bonchev–Trinajstić information content (AvgIpc) is 3.39. The summed E-state index contributed by atoms with van der Waals surface area (Å²) in [5.74, 6) is -1.50. The van der Waals surface area contributed by atoms with Crippen LogP contribution in [0.25, 0.3) is 11.3 Å². The van der Waals surface area contributed by atoms with Gasteiger partial charge in [-0.15, -0.1) is 0 Å². The number of nitrogens with zero attached hydrogens (tertiary/aromatic N) is 3. The molecule has 1 saturated heterocycles. The number of aliphatic hydroxyl groups is 1. The van der Waals surface area contributed by atoms with Gasteiger partial charge in [-0.25, -0.2) is 22.9 Å². The number of aromatic nitrogens is 2. The minimum absolute atomic E-state index is 0.0192. The van der Waals surface area contributed by atoms with Gasteiger partial charge in [0.2, 0.25) is 0 Å². The lowest BCUT2D eigenvalue weighted by atomic mass is 9.96. The summed E-state index contributed by atoms with van der Waals surface area (Å²) in [6, 6.07) is 11.7. The van der Waals surface area contributed by atoms with Crippen LogP contribution in [-0.2, 0) is 6.54 Å². The molecule has 1 amide bonds. The minimum Gasteiger partial charge on any atom is -0.465 e. The molecule has 0 radical (unpaired) electrons. The Kier molecular flexibility index (Phi) is 7.37. The number of rotatable bonds is 8. The Morgan fingerprint density at radius 3 is 2.56 bits per heavy atom. The van der Waals surface area contributed by atoms with Crippen molar-refractivity contribution in [3.63, 3.8) is 0 Å². The van der Waals surface area contributed by atoms with E-state index < -0.39 is 41.5 Å². The third kappa shape index (κ3) is 5.71. The van der Waals surface area contributed by atoms with E-state index >= 15 is 0 Å². The molecular formula is C26H29F3N4O3. The van der Waals surface area contributed by atoms with Crippen LogP contribution in [0.15, 0.2) is 54.7 Å². The third-order valence-electron chi connectivity index (χ3n) is 6.39. The van der Waals surface area contributed by atoms with Gasteiger partial charge in [0.25, 0.3) is 0 Å². The molecule has 3 N–H and O–H groups in total. The molecule has 4 rings (SSSR count). The van der Waals surface area contributed by atoms with Gasteiger partial charge in [-0.2, -0.15) is 0 Å². The summed E-state index contributed by atoms with van der Waals surface area (Å²) in [4.78, 5) is 16.9. The molecule has 192 valence electrons. The zero-order valence-electron chi connectivity index (χ0n) is 20.0. The summed E-state index contributed by atoms with van der Waals surface area (Å²) >= 11 is 0. The fourth-order valence-corrected chi connectivity index (χ4v) is 4.50. The molecule has 10 heteroatoms. The first-order valence-corrected chi connectivity index (χ1v) is 11.7. The molecule has 1 aliphatic heterocycles. The molecule has 1 fully saturated rings. The van der Waals surface area contributed by atoms with Crippen LogP contribution in [0.4, 0.5) is 18.0 Å². The number of imidazole rings is 1. The molecule has 2 heterocycles. The highest BCUT2D eigenvalue weighted by Crippen LogP contribution is 2.31. The van der Waals surface area contributed by atoms with Gasteiger partial charge in [-0.3, -0.25) is 0 Å². The molecule has 0 bridgehead atoms. The second-order valence-electron chi connectivity index (χ2n) is 9.68. The number of hydrogen-bond acceptors (Lipinski definition) is 4. The predicted molar refractivity (Wildman–Crippen MR) is 128 cm³/mol. The van der Waals surface area contributed by atoms with Crippen molar-refractivity contribution < 1.29 is 28.2 Å². The molecule has 3 atom stereocenters. The molecule has 1 aliphatic rings. The van der Waals surface area contributed by atoms with Gasteiger partial charge in [0.1, 0.15) is 23.6 Å². The van der Waals surface area contributed by atoms with E-state index in [1.807, 2.05) is 30.3 Å². The quantitative estimate of drug-likeness (QED) is 0.429. The number of carbonyl (C=O) groups is 1. The Labute approximate surface area is 207 Å². The van der Waals surface area contributed by atoms with E-state index in [9.17, 15) is 28.2 Å². The van der Waals surface area contributed by atoms with Crippen LogP contribution in [0.3, 0.4) is 0 Å². The zero-order valence-corrected chi connectivity index (χ0v) is 20.0. The van der Waals surface area contributed by atoms with Gasteiger partial charge in [-0.1, -0.05) is 30.3 Å². The van der Waals surface area contributed by atoms with E-state index in [1.165, 1.54) is 0 Å². The van der Waals surface area contributed by atoms with E-state index in [0.29, 0.717) is 12.4 Å². The number of carboxylic acid groups (broad SMARTS) is 1. The maximum Gasteiger partial charge on any atom is 0.407 e. The summed E-state index contributed by atoms with van der Waals surface area (Å²) in [7, 11) is 0. The summed E-state index contributed by atoms with van der Waals surface area (Å²) < 4.78 is 44.8. The van der Waals surface area contributed by atoms with Crippen LogP contribution in [0.1, 0.15) is 31.3 Å². The second kappa shape index (κ2) is 10.3. The molecule has 2 aromatic carbocycles. The molecule has 1 aromatic heterocycles. The molecule has 0 aliphatic carbocycles. The predicted octanol–water partition coefficient (Wildman–Crippen LogP) is 4.23. The Morgan fingerprint density at radius 1 is 1.19 bits per heavy atom. The first kappa shape index (κ1) is 25.7. The molecule has 7 nitrogen and oxygen atoms in total. The van der Waals surface area contributed by atoms with Crippen LogP contribution >= 0.6 is 0 Å². The summed E-state index contributed by atoms with van der Waals surface area (Å²) in [5.41, 5.74) is -0.285. The lowest BCUT2D eigenvalue weighted by molar-refractivity contribution is 0.0301. The minimum atomic E-state index is -1.38. The van der Waals surface area contributed by atoms with E-state index in [1.54, 1.807) is 24.6 Å². The lowest BCUT2D eigenvalue weighted by Gasteiger charge is -2.31. The first-order valence-electron chi connectivity index (χ1n) is 11.7. The van der Waals surface area contributed by atoms with Crippen molar-refractivity contribution in [2.24, 2.45) is 5.92 Å². The van der Waals surface area contributed by atoms with Crippen molar-refractivity contribution in [3.05, 3.63) is 77.8 Å². The van der Waals surface area contributed by atoms with Gasteiger partial charge >= 0.3 is 6.09 Å². The van der Waals surface area contributed by atoms with Crippen LogP contribution in [0.5, 0.6) is 0 Å². The lowest BCUT2D eigenvalue weighted by Crippen LogP contribution is -2.44. The first-order chi connectivity index (χ1) is 17.0. The Morgan fingerprint density at radius 2 is 1.92 bits per heavy atom. The van der Waals surface area contributed by atoms with Crippen molar-refractivity contribution in [2.45, 2.75) is 38.2 Å². The number of nitrogens with one attached hydrogen (secondary N) is 1. The van der Waals surface area contributed by atoms with Crippen LogP contribution in [0, 0.1) is 17.6 Å². The van der Waals surface area contributed by atoms with Gasteiger partial charge in [-0.05, 0) is 37.6 Å². The normalized spacial score (nSPS) is 19.0. The maximum absolute atomic E-state index is 14.6. The highest BCUT2D eigenvalue weighted by atomic mass is 19.1. The van der Waals surface area contributed by atoms with Crippen molar-refractivity contribution in [1.29, 1.82) is 0 Å². The van der Waals surface area contributed by atoms with Crippen molar-refractivity contribution in [1.82, 2.24) is 19.8 Å². The molecule has 0 spiro atoms. The molecule has 36 heavy (non-hydrogen) atoms. The number of amides is 1. The standard InChI is InChI=1S/C26H29F3N4O3/c1-26(2,36)23(30-11-17-13-33(25(34)35)14-21(17)29)24-31-22(19-10-18(27)8-9-20(19)28)15-32(24)12-16-6-4-3-5-7-16/h3-10,15,17,21,23,30,36H,11-14H2,1-2H3,(H,34,35)/t17?,21?,23-/m0/s1. The summed E-state index contributed by atoms with van der Waals surface area (Å²) in [6.45, 7) is 3.39. The molecule has 3 aromatic rings. The van der Waals surface area contributed by atoms with Crippen molar-refractivity contribution >= 4 is 6.09 Å². The maximum atomic E-state index is 14.6. The van der Waals surface area contributed by atoms with Gasteiger partial charge in [0, 0.05) is 37.3 Å².